The Morgan fingerprint density at radius 3 is 2.33 bits per heavy atom. The molecular weight excluding hydrogens is 589 g/mol. The van der Waals surface area contributed by atoms with Gasteiger partial charge in [0.05, 0.1) is 18.1 Å². The summed E-state index contributed by atoms with van der Waals surface area (Å²) in [6, 6.07) is 9.35. The summed E-state index contributed by atoms with van der Waals surface area (Å²) in [6.45, 7) is 9.36. The molecule has 228 valence electrons. The number of carbonyl (C=O) groups is 2. The predicted octanol–water partition coefficient (Wildman–Crippen LogP) is 5.04. The van der Waals surface area contributed by atoms with Gasteiger partial charge in [-0.05, 0) is 68.1 Å². The quantitative estimate of drug-likeness (QED) is 0.371. The number of hydrogen-bond donors (Lipinski definition) is 1. The zero-order valence-electron chi connectivity index (χ0n) is 24.6. The molecule has 0 atom stereocenters. The molecule has 0 bridgehead atoms. The number of hydrogen-bond acceptors (Lipinski definition) is 8. The lowest BCUT2D eigenvalue weighted by Crippen LogP contribution is -2.37. The van der Waals surface area contributed by atoms with Gasteiger partial charge in [-0.15, -0.1) is 0 Å². The van der Waals surface area contributed by atoms with E-state index in [1.165, 1.54) is 0 Å². The van der Waals surface area contributed by atoms with Gasteiger partial charge < -0.3 is 19.9 Å². The molecule has 0 aliphatic carbocycles. The summed E-state index contributed by atoms with van der Waals surface area (Å²) < 4.78 is 6.19. The van der Waals surface area contributed by atoms with Crippen molar-refractivity contribution in [1.82, 2.24) is 30.1 Å². The Bertz CT molecular complexity index is 1410. The Labute approximate surface area is 262 Å². The number of likely N-dealkylation sites (tertiary alicyclic amines) is 1. The Kier molecular flexibility index (Phi) is 10.3. The Hall–Kier alpha value is -3.47. The molecule has 2 aliphatic heterocycles. The third-order valence-corrected chi connectivity index (χ3v) is 8.27. The molecule has 0 spiro atoms. The van der Waals surface area contributed by atoms with Gasteiger partial charge in [-0.3, -0.25) is 14.5 Å². The molecule has 1 N–H and O–H groups in total. The minimum atomic E-state index is 0.0170. The van der Waals surface area contributed by atoms with Crippen molar-refractivity contribution in [3.63, 3.8) is 0 Å². The van der Waals surface area contributed by atoms with Crippen molar-refractivity contribution >= 4 is 41.0 Å². The van der Waals surface area contributed by atoms with E-state index in [9.17, 15) is 9.59 Å². The van der Waals surface area contributed by atoms with Crippen molar-refractivity contribution in [2.75, 3.05) is 50.7 Å². The zero-order chi connectivity index (χ0) is 30.3. The van der Waals surface area contributed by atoms with Crippen LogP contribution in [0.2, 0.25) is 10.0 Å². The van der Waals surface area contributed by atoms with Gasteiger partial charge in [0.1, 0.15) is 0 Å². The molecule has 1 aromatic carbocycles. The average Bonchev–Trinajstić information content (AvgIpc) is 3.23. The molecule has 0 unspecified atom stereocenters. The molecule has 2 saturated heterocycles. The van der Waals surface area contributed by atoms with Gasteiger partial charge >= 0.3 is 0 Å². The van der Waals surface area contributed by atoms with Gasteiger partial charge in [0.25, 0.3) is 0 Å². The number of anilines is 1. The second-order valence-electron chi connectivity index (χ2n) is 11.2. The van der Waals surface area contributed by atoms with Crippen molar-refractivity contribution in [3.05, 3.63) is 58.3 Å². The minimum absolute atomic E-state index is 0.0170. The number of pyridine rings is 1. The first-order valence-electron chi connectivity index (χ1n) is 14.7. The molecule has 2 fully saturated rings. The van der Waals surface area contributed by atoms with Crippen LogP contribution in [0, 0.1) is 5.92 Å². The summed E-state index contributed by atoms with van der Waals surface area (Å²) in [5.41, 5.74) is 2.55. The highest BCUT2D eigenvalue weighted by Gasteiger charge is 2.21. The van der Waals surface area contributed by atoms with E-state index in [0.717, 1.165) is 69.7 Å². The van der Waals surface area contributed by atoms with E-state index in [2.05, 4.69) is 25.1 Å². The standard InChI is InChI=1S/C31H37Cl2N7O3/c1-21(41)34-17-23-4-8-38(9-5-23)20-24-12-29(25-14-26(32)16-27(33)15-25)37-30(13-24)43-28-18-35-31(36-19-28)40-7-3-6-39(10-11-40)22(2)42/h12-16,18-19,23H,3-11,17,20H2,1-2H3,(H,34,41). The lowest BCUT2D eigenvalue weighted by Gasteiger charge is -2.32. The molecule has 0 saturated carbocycles. The molecule has 3 aromatic rings. The fourth-order valence-electron chi connectivity index (χ4n) is 5.53. The highest BCUT2D eigenvalue weighted by atomic mass is 35.5. The summed E-state index contributed by atoms with van der Waals surface area (Å²) in [5, 5.41) is 4.00. The summed E-state index contributed by atoms with van der Waals surface area (Å²) in [5.74, 6) is 2.10. The van der Waals surface area contributed by atoms with Gasteiger partial charge in [-0.2, -0.15) is 0 Å². The van der Waals surface area contributed by atoms with Crippen LogP contribution in [-0.4, -0.2) is 82.4 Å². The van der Waals surface area contributed by atoms with Crippen molar-refractivity contribution in [3.8, 4) is 22.9 Å². The highest BCUT2D eigenvalue weighted by molar-refractivity contribution is 6.35. The number of amides is 2. The summed E-state index contributed by atoms with van der Waals surface area (Å²) in [7, 11) is 0. The number of halogens is 2. The summed E-state index contributed by atoms with van der Waals surface area (Å²) in [4.78, 5) is 43.3. The predicted molar refractivity (Wildman–Crippen MR) is 168 cm³/mol. The Morgan fingerprint density at radius 2 is 1.65 bits per heavy atom. The largest absolute Gasteiger partial charge is 0.436 e. The fourth-order valence-corrected chi connectivity index (χ4v) is 6.05. The number of aromatic nitrogens is 3. The van der Waals surface area contributed by atoms with Gasteiger partial charge in [-0.1, -0.05) is 23.2 Å². The third-order valence-electron chi connectivity index (χ3n) is 7.83. The molecule has 2 amide bonds. The van der Waals surface area contributed by atoms with E-state index in [0.29, 0.717) is 52.3 Å². The maximum Gasteiger partial charge on any atom is 0.225 e. The van der Waals surface area contributed by atoms with Gasteiger partial charge in [0, 0.05) is 74.8 Å². The van der Waals surface area contributed by atoms with Crippen LogP contribution in [0.4, 0.5) is 5.95 Å². The average molecular weight is 627 g/mol. The van der Waals surface area contributed by atoms with Crippen molar-refractivity contribution in [2.45, 2.75) is 39.7 Å². The van der Waals surface area contributed by atoms with Crippen LogP contribution in [0.25, 0.3) is 11.3 Å². The number of carbonyl (C=O) groups excluding carboxylic acids is 2. The summed E-state index contributed by atoms with van der Waals surface area (Å²) >= 11 is 12.6. The fraction of sp³-hybridized carbons (Fsp3) is 0.452. The third kappa shape index (κ3) is 8.78. The molecule has 10 nitrogen and oxygen atoms in total. The highest BCUT2D eigenvalue weighted by Crippen LogP contribution is 2.31. The lowest BCUT2D eigenvalue weighted by atomic mass is 9.96. The van der Waals surface area contributed by atoms with Crippen LogP contribution in [-0.2, 0) is 16.1 Å². The Balaban J connectivity index is 1.31. The van der Waals surface area contributed by atoms with Crippen molar-refractivity contribution in [1.29, 1.82) is 0 Å². The number of piperidine rings is 1. The van der Waals surface area contributed by atoms with Crippen LogP contribution in [0.5, 0.6) is 11.6 Å². The van der Waals surface area contributed by atoms with Crippen molar-refractivity contribution in [2.24, 2.45) is 5.92 Å². The minimum Gasteiger partial charge on any atom is -0.436 e. The monoisotopic (exact) mass is 625 g/mol. The van der Waals surface area contributed by atoms with E-state index in [-0.39, 0.29) is 11.8 Å². The van der Waals surface area contributed by atoms with Crippen LogP contribution in [0.1, 0.15) is 38.7 Å². The van der Waals surface area contributed by atoms with E-state index in [1.807, 2.05) is 29.2 Å². The molecule has 43 heavy (non-hydrogen) atoms. The van der Waals surface area contributed by atoms with Gasteiger partial charge in [0.15, 0.2) is 5.75 Å². The molecular formula is C31H37Cl2N7O3. The molecule has 4 heterocycles. The molecule has 5 rings (SSSR count). The molecule has 2 aromatic heterocycles. The first-order chi connectivity index (χ1) is 20.7. The van der Waals surface area contributed by atoms with E-state index >= 15 is 0 Å². The first kappa shape index (κ1) is 31.0. The van der Waals surface area contributed by atoms with Crippen LogP contribution in [0.15, 0.2) is 42.7 Å². The van der Waals surface area contributed by atoms with E-state index in [1.54, 1.807) is 32.3 Å². The second kappa shape index (κ2) is 14.3. The molecule has 12 heteroatoms. The first-order valence-corrected chi connectivity index (χ1v) is 15.4. The maximum absolute atomic E-state index is 11.8. The van der Waals surface area contributed by atoms with E-state index in [4.69, 9.17) is 32.9 Å². The second-order valence-corrected chi connectivity index (χ2v) is 12.1. The molecule has 0 radical (unpaired) electrons. The van der Waals surface area contributed by atoms with Crippen LogP contribution in [0.3, 0.4) is 0 Å². The maximum atomic E-state index is 11.8. The number of ether oxygens (including phenoxy) is 1. The van der Waals surface area contributed by atoms with Crippen LogP contribution >= 0.6 is 23.2 Å². The lowest BCUT2D eigenvalue weighted by molar-refractivity contribution is -0.128. The zero-order valence-corrected chi connectivity index (χ0v) is 26.1. The van der Waals surface area contributed by atoms with E-state index < -0.39 is 0 Å². The molecule has 2 aliphatic rings. The summed E-state index contributed by atoms with van der Waals surface area (Å²) in [6.07, 6.45) is 6.22. The van der Waals surface area contributed by atoms with Crippen LogP contribution < -0.4 is 15.0 Å². The van der Waals surface area contributed by atoms with Crippen molar-refractivity contribution < 1.29 is 14.3 Å². The topological polar surface area (TPSA) is 104 Å². The Morgan fingerprint density at radius 1 is 0.930 bits per heavy atom. The van der Waals surface area contributed by atoms with Gasteiger partial charge in [-0.25, -0.2) is 15.0 Å². The number of rotatable bonds is 8. The smallest absolute Gasteiger partial charge is 0.225 e. The number of benzene rings is 1. The SMILES string of the molecule is CC(=O)NCC1CCN(Cc2cc(Oc3cnc(N4CCCN(C(C)=O)CC4)nc3)nc(-c3cc(Cl)cc(Cl)c3)c2)CC1. The van der Waals surface area contributed by atoms with Gasteiger partial charge in [0.2, 0.25) is 23.6 Å². The number of nitrogens with one attached hydrogen (secondary N) is 1. The number of nitrogens with zero attached hydrogens (tertiary/aromatic N) is 6. The normalized spacial score (nSPS) is 16.6.